The van der Waals surface area contributed by atoms with E-state index < -0.39 is 0 Å². The number of carbonyl (C=O) groups excluding carboxylic acids is 1. The SMILES string of the molecule is CC(=O)NCc1cc2cc(Cl)c(-c3cc4ncccc4s3)cc2[nH]1. The summed E-state index contributed by atoms with van der Waals surface area (Å²) in [5, 5.41) is 4.53. The van der Waals surface area contributed by atoms with Crippen LogP contribution in [0.4, 0.5) is 0 Å². The summed E-state index contributed by atoms with van der Waals surface area (Å²) in [5.41, 5.74) is 3.91. The summed E-state index contributed by atoms with van der Waals surface area (Å²) in [5.74, 6) is -0.0508. The fourth-order valence-electron chi connectivity index (χ4n) is 2.72. The van der Waals surface area contributed by atoms with E-state index in [1.807, 2.05) is 18.2 Å². The van der Waals surface area contributed by atoms with Crippen LogP contribution in [-0.2, 0) is 11.3 Å². The second-order valence-corrected chi connectivity index (χ2v) is 7.11. The molecule has 0 saturated heterocycles. The van der Waals surface area contributed by atoms with Gasteiger partial charge in [-0.1, -0.05) is 11.6 Å². The number of rotatable bonds is 3. The van der Waals surface area contributed by atoms with E-state index in [4.69, 9.17) is 11.6 Å². The second-order valence-electron chi connectivity index (χ2n) is 5.62. The number of pyridine rings is 1. The van der Waals surface area contributed by atoms with E-state index in [-0.39, 0.29) is 5.91 Å². The molecule has 4 aromatic rings. The number of carbonyl (C=O) groups is 1. The molecule has 2 N–H and O–H groups in total. The van der Waals surface area contributed by atoms with Gasteiger partial charge in [-0.05, 0) is 36.4 Å². The number of aromatic amines is 1. The van der Waals surface area contributed by atoms with Gasteiger partial charge in [0, 0.05) is 45.2 Å². The lowest BCUT2D eigenvalue weighted by atomic mass is 10.1. The monoisotopic (exact) mass is 355 g/mol. The Hall–Kier alpha value is -2.37. The zero-order valence-corrected chi connectivity index (χ0v) is 14.5. The first-order valence-electron chi connectivity index (χ1n) is 7.51. The molecule has 0 aliphatic carbocycles. The number of nitrogens with zero attached hydrogens (tertiary/aromatic N) is 1. The number of fused-ring (bicyclic) bond motifs is 2. The minimum atomic E-state index is -0.0508. The van der Waals surface area contributed by atoms with E-state index in [1.165, 1.54) is 6.92 Å². The number of H-pyrrole nitrogens is 1. The molecule has 3 heterocycles. The molecule has 0 aliphatic heterocycles. The Kier molecular flexibility index (Phi) is 3.75. The summed E-state index contributed by atoms with van der Waals surface area (Å²) in [6.07, 6.45) is 1.79. The summed E-state index contributed by atoms with van der Waals surface area (Å²) in [6.45, 7) is 1.98. The summed E-state index contributed by atoms with van der Waals surface area (Å²) >= 11 is 8.18. The maximum absolute atomic E-state index is 11.1. The fraction of sp³-hybridized carbons (Fsp3) is 0.111. The zero-order chi connectivity index (χ0) is 16.7. The van der Waals surface area contributed by atoms with Gasteiger partial charge in [0.2, 0.25) is 5.91 Å². The van der Waals surface area contributed by atoms with Crippen molar-refractivity contribution in [3.63, 3.8) is 0 Å². The van der Waals surface area contributed by atoms with Gasteiger partial charge < -0.3 is 10.3 Å². The van der Waals surface area contributed by atoms with Crippen molar-refractivity contribution in [2.75, 3.05) is 0 Å². The summed E-state index contributed by atoms with van der Waals surface area (Å²) < 4.78 is 1.14. The third kappa shape index (κ3) is 2.77. The number of hydrogen-bond donors (Lipinski definition) is 2. The minimum Gasteiger partial charge on any atom is -0.357 e. The first-order valence-corrected chi connectivity index (χ1v) is 8.70. The lowest BCUT2D eigenvalue weighted by molar-refractivity contribution is -0.119. The Bertz CT molecular complexity index is 1030. The molecule has 1 amide bonds. The Balaban J connectivity index is 1.77. The summed E-state index contributed by atoms with van der Waals surface area (Å²) in [6, 6.07) is 12.1. The van der Waals surface area contributed by atoms with Gasteiger partial charge in [0.15, 0.2) is 0 Å². The average Bonchev–Trinajstić information content (AvgIpc) is 3.14. The van der Waals surface area contributed by atoms with Crippen LogP contribution in [0.25, 0.3) is 31.6 Å². The zero-order valence-electron chi connectivity index (χ0n) is 12.9. The van der Waals surface area contributed by atoms with Crippen LogP contribution >= 0.6 is 22.9 Å². The van der Waals surface area contributed by atoms with Gasteiger partial charge in [-0.3, -0.25) is 9.78 Å². The molecule has 24 heavy (non-hydrogen) atoms. The van der Waals surface area contributed by atoms with Crippen LogP contribution < -0.4 is 5.32 Å². The molecule has 0 radical (unpaired) electrons. The van der Waals surface area contributed by atoms with Crippen molar-refractivity contribution in [1.82, 2.24) is 15.3 Å². The molecule has 120 valence electrons. The largest absolute Gasteiger partial charge is 0.357 e. The second kappa shape index (κ2) is 5.92. The lowest BCUT2D eigenvalue weighted by Crippen LogP contribution is -2.18. The molecule has 1 aromatic carbocycles. The first-order chi connectivity index (χ1) is 11.6. The Morgan fingerprint density at radius 3 is 3.00 bits per heavy atom. The van der Waals surface area contributed by atoms with Crippen molar-refractivity contribution < 1.29 is 4.79 Å². The molecular formula is C18H14ClN3OS. The molecule has 3 aromatic heterocycles. The van der Waals surface area contributed by atoms with Crippen LogP contribution in [0.3, 0.4) is 0 Å². The van der Waals surface area contributed by atoms with Crippen molar-refractivity contribution in [2.24, 2.45) is 0 Å². The molecule has 0 saturated carbocycles. The highest BCUT2D eigenvalue weighted by atomic mass is 35.5. The van der Waals surface area contributed by atoms with Gasteiger partial charge in [0.1, 0.15) is 0 Å². The molecule has 0 fully saturated rings. The maximum atomic E-state index is 11.1. The number of thiophene rings is 1. The number of amides is 1. The number of aromatic nitrogens is 2. The van der Waals surface area contributed by atoms with Crippen molar-refractivity contribution in [1.29, 1.82) is 0 Å². The van der Waals surface area contributed by atoms with Gasteiger partial charge in [-0.15, -0.1) is 11.3 Å². The molecular weight excluding hydrogens is 342 g/mol. The van der Waals surface area contributed by atoms with Gasteiger partial charge >= 0.3 is 0 Å². The van der Waals surface area contributed by atoms with E-state index in [0.29, 0.717) is 11.6 Å². The van der Waals surface area contributed by atoms with Gasteiger partial charge in [0.05, 0.1) is 16.8 Å². The van der Waals surface area contributed by atoms with Crippen molar-refractivity contribution in [3.05, 3.63) is 53.3 Å². The van der Waals surface area contributed by atoms with Crippen LogP contribution in [0.5, 0.6) is 0 Å². The van der Waals surface area contributed by atoms with Crippen LogP contribution in [0.15, 0.2) is 42.6 Å². The Morgan fingerprint density at radius 1 is 1.33 bits per heavy atom. The maximum Gasteiger partial charge on any atom is 0.217 e. The molecule has 0 bridgehead atoms. The number of nitrogens with one attached hydrogen (secondary N) is 2. The van der Waals surface area contributed by atoms with E-state index in [0.717, 1.165) is 37.3 Å². The van der Waals surface area contributed by atoms with Crippen molar-refractivity contribution in [2.45, 2.75) is 13.5 Å². The van der Waals surface area contributed by atoms with Crippen molar-refractivity contribution in [3.8, 4) is 10.4 Å². The fourth-order valence-corrected chi connectivity index (χ4v) is 4.10. The molecule has 0 unspecified atom stereocenters. The molecule has 0 aliphatic rings. The highest BCUT2D eigenvalue weighted by Crippen LogP contribution is 2.38. The van der Waals surface area contributed by atoms with E-state index in [9.17, 15) is 4.79 Å². The molecule has 0 spiro atoms. The Morgan fingerprint density at radius 2 is 2.21 bits per heavy atom. The highest BCUT2D eigenvalue weighted by Gasteiger charge is 2.11. The molecule has 6 heteroatoms. The van der Waals surface area contributed by atoms with Gasteiger partial charge in [-0.2, -0.15) is 0 Å². The molecule has 4 nitrogen and oxygen atoms in total. The third-order valence-corrected chi connectivity index (χ3v) is 5.28. The average molecular weight is 356 g/mol. The predicted molar refractivity (Wildman–Crippen MR) is 99.4 cm³/mol. The van der Waals surface area contributed by atoms with Crippen molar-refractivity contribution >= 4 is 50.0 Å². The first kappa shape index (κ1) is 15.2. The quantitative estimate of drug-likeness (QED) is 0.558. The standard InChI is InChI=1S/C18H14ClN3OS/c1-10(23)21-9-12-5-11-6-14(19)13(7-15(11)22-12)18-8-16-17(24-18)3-2-4-20-16/h2-8,22H,9H2,1H3,(H,21,23). The van der Waals surface area contributed by atoms with Crippen LogP contribution in [0.2, 0.25) is 5.02 Å². The van der Waals surface area contributed by atoms with Gasteiger partial charge in [-0.25, -0.2) is 0 Å². The third-order valence-electron chi connectivity index (χ3n) is 3.84. The van der Waals surface area contributed by atoms with Crippen LogP contribution in [0, 0.1) is 0 Å². The Labute approximate surface area is 147 Å². The van der Waals surface area contributed by atoms with E-state index in [1.54, 1.807) is 17.5 Å². The van der Waals surface area contributed by atoms with Gasteiger partial charge in [0.25, 0.3) is 0 Å². The summed E-state index contributed by atoms with van der Waals surface area (Å²) in [7, 11) is 0. The lowest BCUT2D eigenvalue weighted by Gasteiger charge is -2.01. The number of hydrogen-bond acceptors (Lipinski definition) is 3. The van der Waals surface area contributed by atoms with E-state index >= 15 is 0 Å². The van der Waals surface area contributed by atoms with Crippen LogP contribution in [0.1, 0.15) is 12.6 Å². The van der Waals surface area contributed by atoms with Crippen LogP contribution in [-0.4, -0.2) is 15.9 Å². The number of benzene rings is 1. The topological polar surface area (TPSA) is 57.8 Å². The van der Waals surface area contributed by atoms with E-state index in [2.05, 4.69) is 33.5 Å². The summed E-state index contributed by atoms with van der Waals surface area (Å²) in [4.78, 5) is 19.9. The molecule has 0 atom stereocenters. The highest BCUT2D eigenvalue weighted by molar-refractivity contribution is 7.22. The molecule has 4 rings (SSSR count). The number of halogens is 1. The normalized spacial score (nSPS) is 11.2. The predicted octanol–water partition coefficient (Wildman–Crippen LogP) is 4.73. The minimum absolute atomic E-state index is 0.0508. The smallest absolute Gasteiger partial charge is 0.217 e.